The largest absolute Gasteiger partial charge is 0.452 e. The van der Waals surface area contributed by atoms with Gasteiger partial charge >= 0.3 is 5.97 Å². The van der Waals surface area contributed by atoms with Crippen molar-refractivity contribution in [2.75, 3.05) is 0 Å². The van der Waals surface area contributed by atoms with Crippen LogP contribution in [0.15, 0.2) is 51.7 Å². The molecule has 23 heavy (non-hydrogen) atoms. The van der Waals surface area contributed by atoms with E-state index in [1.807, 2.05) is 29.0 Å². The summed E-state index contributed by atoms with van der Waals surface area (Å²) in [6.07, 6.45) is 3.04. The molecule has 116 valence electrons. The molecule has 3 rings (SSSR count). The second-order valence-electron chi connectivity index (χ2n) is 4.49. The van der Waals surface area contributed by atoms with E-state index in [1.54, 1.807) is 29.5 Å². The number of ether oxygens (including phenoxy) is 1. The monoisotopic (exact) mass is 346 g/mol. The van der Waals surface area contributed by atoms with E-state index in [4.69, 9.17) is 20.9 Å². The molecule has 2 heterocycles. The molecule has 0 unspecified atom stereocenters. The SMILES string of the molecule is O=C(/C=C/c1ccsc1)OCc1nc(-c2ccccc2Cl)no1. The van der Waals surface area contributed by atoms with E-state index >= 15 is 0 Å². The lowest BCUT2D eigenvalue weighted by atomic mass is 10.2. The van der Waals surface area contributed by atoms with Crippen molar-refractivity contribution < 1.29 is 14.1 Å². The molecule has 5 nitrogen and oxygen atoms in total. The third kappa shape index (κ3) is 4.06. The highest BCUT2D eigenvalue weighted by Gasteiger charge is 2.12. The topological polar surface area (TPSA) is 65.2 Å². The molecule has 0 fully saturated rings. The fourth-order valence-electron chi connectivity index (χ4n) is 1.78. The summed E-state index contributed by atoms with van der Waals surface area (Å²) in [6, 6.07) is 9.07. The first-order valence-corrected chi connectivity index (χ1v) is 7.99. The minimum absolute atomic E-state index is 0.0930. The Morgan fingerprint density at radius 3 is 3.00 bits per heavy atom. The highest BCUT2D eigenvalue weighted by Crippen LogP contribution is 2.24. The average molecular weight is 347 g/mol. The van der Waals surface area contributed by atoms with E-state index < -0.39 is 5.97 Å². The van der Waals surface area contributed by atoms with Crippen molar-refractivity contribution in [3.8, 4) is 11.4 Å². The minimum Gasteiger partial charge on any atom is -0.452 e. The van der Waals surface area contributed by atoms with E-state index in [0.717, 1.165) is 5.56 Å². The second kappa shape index (κ2) is 7.21. The van der Waals surface area contributed by atoms with Crippen molar-refractivity contribution in [1.29, 1.82) is 0 Å². The second-order valence-corrected chi connectivity index (χ2v) is 5.68. The minimum atomic E-state index is -0.478. The van der Waals surface area contributed by atoms with Crippen molar-refractivity contribution >= 4 is 35.0 Å². The van der Waals surface area contributed by atoms with Crippen LogP contribution in [0.1, 0.15) is 11.5 Å². The summed E-state index contributed by atoms with van der Waals surface area (Å²) in [5, 5.41) is 8.22. The first-order chi connectivity index (χ1) is 11.2. The summed E-state index contributed by atoms with van der Waals surface area (Å²) in [6.45, 7) is -0.0930. The van der Waals surface area contributed by atoms with Gasteiger partial charge in [-0.15, -0.1) is 0 Å². The Bertz CT molecular complexity index is 827. The van der Waals surface area contributed by atoms with Gasteiger partial charge in [-0.3, -0.25) is 0 Å². The van der Waals surface area contributed by atoms with Crippen molar-refractivity contribution in [1.82, 2.24) is 10.1 Å². The normalized spacial score (nSPS) is 11.0. The summed E-state index contributed by atoms with van der Waals surface area (Å²) in [7, 11) is 0. The first-order valence-electron chi connectivity index (χ1n) is 6.67. The number of hydrogen-bond acceptors (Lipinski definition) is 6. The predicted molar refractivity (Wildman–Crippen MR) is 87.9 cm³/mol. The highest BCUT2D eigenvalue weighted by molar-refractivity contribution is 7.08. The summed E-state index contributed by atoms with van der Waals surface area (Å²) in [4.78, 5) is 15.8. The molecule has 2 aromatic heterocycles. The predicted octanol–water partition coefficient (Wildman–Crippen LogP) is 4.21. The maximum absolute atomic E-state index is 11.6. The molecule has 0 saturated heterocycles. The lowest BCUT2D eigenvalue weighted by molar-refractivity contribution is -0.139. The van der Waals surface area contributed by atoms with Gasteiger partial charge in [-0.05, 0) is 40.6 Å². The molecule has 0 atom stereocenters. The number of halogens is 1. The van der Waals surface area contributed by atoms with Gasteiger partial charge in [0.2, 0.25) is 5.82 Å². The third-order valence-corrected chi connectivity index (χ3v) is 3.91. The van der Waals surface area contributed by atoms with Crippen LogP contribution in [0.2, 0.25) is 5.02 Å². The van der Waals surface area contributed by atoms with Gasteiger partial charge in [0.1, 0.15) is 0 Å². The van der Waals surface area contributed by atoms with E-state index in [1.165, 1.54) is 6.08 Å². The number of hydrogen-bond donors (Lipinski definition) is 0. The Kier molecular flexibility index (Phi) is 4.85. The van der Waals surface area contributed by atoms with Gasteiger partial charge in [0.15, 0.2) is 6.61 Å². The van der Waals surface area contributed by atoms with Crippen LogP contribution in [-0.4, -0.2) is 16.1 Å². The zero-order chi connectivity index (χ0) is 16.1. The molecule has 0 aliphatic rings. The highest BCUT2D eigenvalue weighted by atomic mass is 35.5. The Morgan fingerprint density at radius 2 is 2.22 bits per heavy atom. The van der Waals surface area contributed by atoms with Crippen LogP contribution in [0.3, 0.4) is 0 Å². The van der Waals surface area contributed by atoms with Crippen LogP contribution in [0, 0.1) is 0 Å². The van der Waals surface area contributed by atoms with E-state index in [-0.39, 0.29) is 12.5 Å². The maximum Gasteiger partial charge on any atom is 0.331 e. The molecule has 0 spiro atoms. The summed E-state index contributed by atoms with van der Waals surface area (Å²) in [5.41, 5.74) is 1.61. The lowest BCUT2D eigenvalue weighted by Gasteiger charge is -1.97. The number of thiophene rings is 1. The molecule has 7 heteroatoms. The Morgan fingerprint density at radius 1 is 1.35 bits per heavy atom. The van der Waals surface area contributed by atoms with Crippen molar-refractivity contribution in [3.05, 3.63) is 63.6 Å². The first kappa shape index (κ1) is 15.5. The number of carbonyl (C=O) groups is 1. The van der Waals surface area contributed by atoms with Gasteiger partial charge in [0.25, 0.3) is 5.89 Å². The van der Waals surface area contributed by atoms with E-state index in [0.29, 0.717) is 16.4 Å². The number of aromatic nitrogens is 2. The fraction of sp³-hybridized carbons (Fsp3) is 0.0625. The molecule has 0 N–H and O–H groups in total. The quantitative estimate of drug-likeness (QED) is 0.511. The van der Waals surface area contributed by atoms with Gasteiger partial charge in [-0.2, -0.15) is 16.3 Å². The van der Waals surface area contributed by atoms with E-state index in [9.17, 15) is 4.79 Å². The van der Waals surface area contributed by atoms with Gasteiger partial charge < -0.3 is 9.26 Å². The molecule has 0 bridgehead atoms. The number of carbonyl (C=O) groups excluding carboxylic acids is 1. The zero-order valence-electron chi connectivity index (χ0n) is 11.8. The average Bonchev–Trinajstić information content (AvgIpc) is 3.23. The number of rotatable bonds is 5. The number of nitrogens with zero attached hydrogens (tertiary/aromatic N) is 2. The summed E-state index contributed by atoms with van der Waals surface area (Å²) < 4.78 is 10.1. The summed E-state index contributed by atoms with van der Waals surface area (Å²) >= 11 is 7.63. The molecular formula is C16H11ClN2O3S. The van der Waals surface area contributed by atoms with Crippen LogP contribution >= 0.6 is 22.9 Å². The lowest BCUT2D eigenvalue weighted by Crippen LogP contribution is -2.00. The van der Waals surface area contributed by atoms with Crippen molar-refractivity contribution in [3.63, 3.8) is 0 Å². The third-order valence-electron chi connectivity index (χ3n) is 2.88. The zero-order valence-corrected chi connectivity index (χ0v) is 13.4. The van der Waals surface area contributed by atoms with Gasteiger partial charge in [-0.1, -0.05) is 28.9 Å². The fourth-order valence-corrected chi connectivity index (χ4v) is 2.63. The van der Waals surface area contributed by atoms with Crippen LogP contribution in [0.4, 0.5) is 0 Å². The Labute approximate surface area is 141 Å². The van der Waals surface area contributed by atoms with Crippen molar-refractivity contribution in [2.24, 2.45) is 0 Å². The van der Waals surface area contributed by atoms with Crippen LogP contribution in [-0.2, 0) is 16.1 Å². The van der Waals surface area contributed by atoms with Crippen LogP contribution in [0.5, 0.6) is 0 Å². The Hall–Kier alpha value is -2.44. The molecule has 0 aliphatic carbocycles. The van der Waals surface area contributed by atoms with Crippen LogP contribution < -0.4 is 0 Å². The summed E-state index contributed by atoms with van der Waals surface area (Å²) in [5.74, 6) is 0.0846. The number of benzene rings is 1. The molecule has 0 saturated carbocycles. The van der Waals surface area contributed by atoms with Crippen LogP contribution in [0.25, 0.3) is 17.5 Å². The van der Waals surface area contributed by atoms with Gasteiger partial charge in [0, 0.05) is 11.6 Å². The molecule has 1 aromatic carbocycles. The Balaban J connectivity index is 1.59. The van der Waals surface area contributed by atoms with E-state index in [2.05, 4.69) is 10.1 Å². The van der Waals surface area contributed by atoms with Crippen molar-refractivity contribution in [2.45, 2.75) is 6.61 Å². The standard InChI is InChI=1S/C16H11ClN2O3S/c17-13-4-2-1-3-12(13)16-18-14(22-19-16)9-21-15(20)6-5-11-7-8-23-10-11/h1-8,10H,9H2/b6-5+. The molecule has 0 amide bonds. The van der Waals surface area contributed by atoms with Gasteiger partial charge in [-0.25, -0.2) is 4.79 Å². The smallest absolute Gasteiger partial charge is 0.331 e. The molecule has 0 radical (unpaired) electrons. The maximum atomic E-state index is 11.6. The number of esters is 1. The van der Waals surface area contributed by atoms with Gasteiger partial charge in [0.05, 0.1) is 5.02 Å². The molecule has 0 aliphatic heterocycles. The molecule has 3 aromatic rings. The molecular weight excluding hydrogens is 336 g/mol.